The van der Waals surface area contributed by atoms with Gasteiger partial charge in [0.25, 0.3) is 0 Å². The van der Waals surface area contributed by atoms with E-state index in [4.69, 9.17) is 10.5 Å². The largest absolute Gasteiger partial charge is 0.444 e. The molecule has 1 atom stereocenters. The molecule has 2 aromatic carbocycles. The van der Waals surface area contributed by atoms with Gasteiger partial charge in [-0.25, -0.2) is 4.79 Å². The highest BCUT2D eigenvalue weighted by Gasteiger charge is 2.25. The Kier molecular flexibility index (Phi) is 4.79. The minimum atomic E-state index is -0.727. The fourth-order valence-corrected chi connectivity index (χ4v) is 3.31. The van der Waals surface area contributed by atoms with Gasteiger partial charge in [0.2, 0.25) is 0 Å². The standard InChI is InChI=1S/C21H24N2O2/c1-21(2,25-20(22)24)12-10-18(15-6-4-3-5-7-15)16-8-9-19-17(14-16)11-13-23-19/h3-9,11,13-14,18,23H,10,12H2,1-2H3,(H2,22,24). The number of carbonyl (C=O) groups excluding carboxylic acids is 1. The molecule has 0 fully saturated rings. The maximum atomic E-state index is 11.1. The van der Waals surface area contributed by atoms with Crippen molar-refractivity contribution in [2.75, 3.05) is 0 Å². The van der Waals surface area contributed by atoms with Crippen molar-refractivity contribution >= 4 is 17.0 Å². The SMILES string of the molecule is CC(C)(CCC(c1ccccc1)c1ccc2[nH]ccc2c1)OC(N)=O. The number of aromatic amines is 1. The van der Waals surface area contributed by atoms with Crippen LogP contribution < -0.4 is 5.73 Å². The van der Waals surface area contributed by atoms with Gasteiger partial charge in [-0.2, -0.15) is 0 Å². The van der Waals surface area contributed by atoms with Gasteiger partial charge >= 0.3 is 6.09 Å². The van der Waals surface area contributed by atoms with Crippen LogP contribution in [0.3, 0.4) is 0 Å². The molecule has 0 bridgehead atoms. The Morgan fingerprint density at radius 2 is 1.88 bits per heavy atom. The number of H-pyrrole nitrogens is 1. The lowest BCUT2D eigenvalue weighted by atomic mass is 9.84. The molecular formula is C21H24N2O2. The first kappa shape index (κ1) is 17.1. The molecule has 0 aliphatic carbocycles. The van der Waals surface area contributed by atoms with Crippen molar-refractivity contribution in [3.05, 3.63) is 71.9 Å². The zero-order valence-corrected chi connectivity index (χ0v) is 14.7. The van der Waals surface area contributed by atoms with Crippen molar-refractivity contribution in [3.63, 3.8) is 0 Å². The number of nitrogens with one attached hydrogen (secondary N) is 1. The monoisotopic (exact) mass is 336 g/mol. The second-order valence-corrected chi connectivity index (χ2v) is 7.01. The van der Waals surface area contributed by atoms with Gasteiger partial charge in [-0.15, -0.1) is 0 Å². The Morgan fingerprint density at radius 3 is 2.60 bits per heavy atom. The summed E-state index contributed by atoms with van der Waals surface area (Å²) < 4.78 is 5.25. The van der Waals surface area contributed by atoms with Crippen molar-refractivity contribution in [1.82, 2.24) is 4.98 Å². The molecular weight excluding hydrogens is 312 g/mol. The van der Waals surface area contributed by atoms with E-state index in [1.165, 1.54) is 16.5 Å². The fourth-order valence-electron chi connectivity index (χ4n) is 3.31. The van der Waals surface area contributed by atoms with Crippen molar-refractivity contribution in [1.29, 1.82) is 0 Å². The number of amides is 1. The summed E-state index contributed by atoms with van der Waals surface area (Å²) in [6, 6.07) is 19.0. The van der Waals surface area contributed by atoms with E-state index in [0.29, 0.717) is 0 Å². The lowest BCUT2D eigenvalue weighted by Crippen LogP contribution is -2.31. The van der Waals surface area contributed by atoms with Crippen LogP contribution in [0.25, 0.3) is 10.9 Å². The van der Waals surface area contributed by atoms with E-state index < -0.39 is 11.7 Å². The first-order chi connectivity index (χ1) is 11.9. The molecule has 4 heteroatoms. The summed E-state index contributed by atoms with van der Waals surface area (Å²) in [4.78, 5) is 14.3. The number of aromatic nitrogens is 1. The van der Waals surface area contributed by atoms with Gasteiger partial charge in [0.05, 0.1) is 0 Å². The van der Waals surface area contributed by atoms with Crippen molar-refractivity contribution in [3.8, 4) is 0 Å². The van der Waals surface area contributed by atoms with Gasteiger partial charge in [0, 0.05) is 17.6 Å². The third kappa shape index (κ3) is 4.21. The quantitative estimate of drug-likeness (QED) is 0.668. The predicted octanol–water partition coefficient (Wildman–Crippen LogP) is 4.95. The zero-order chi connectivity index (χ0) is 17.9. The van der Waals surface area contributed by atoms with Crippen LogP contribution in [-0.4, -0.2) is 16.7 Å². The maximum Gasteiger partial charge on any atom is 0.405 e. The van der Waals surface area contributed by atoms with E-state index in [1.807, 2.05) is 26.1 Å². The summed E-state index contributed by atoms with van der Waals surface area (Å²) in [5, 5.41) is 1.20. The van der Waals surface area contributed by atoms with Crippen LogP contribution in [0.2, 0.25) is 0 Å². The number of nitrogens with two attached hydrogens (primary N) is 1. The van der Waals surface area contributed by atoms with Crippen LogP contribution in [-0.2, 0) is 4.74 Å². The first-order valence-electron chi connectivity index (χ1n) is 8.55. The highest BCUT2D eigenvalue weighted by molar-refractivity contribution is 5.80. The molecule has 25 heavy (non-hydrogen) atoms. The number of rotatable bonds is 6. The lowest BCUT2D eigenvalue weighted by Gasteiger charge is -2.27. The number of carbonyl (C=O) groups is 1. The van der Waals surface area contributed by atoms with E-state index in [9.17, 15) is 4.79 Å². The van der Waals surface area contributed by atoms with Gasteiger partial charge in [0.1, 0.15) is 5.60 Å². The summed E-state index contributed by atoms with van der Waals surface area (Å²) >= 11 is 0. The molecule has 0 aliphatic heterocycles. The Labute approximate surface area is 148 Å². The average molecular weight is 336 g/mol. The smallest absolute Gasteiger partial charge is 0.405 e. The minimum Gasteiger partial charge on any atom is -0.444 e. The molecule has 1 aromatic heterocycles. The number of benzene rings is 2. The van der Waals surface area contributed by atoms with E-state index in [1.54, 1.807) is 0 Å². The number of fused-ring (bicyclic) bond motifs is 1. The number of ether oxygens (including phenoxy) is 1. The molecule has 3 aromatic rings. The van der Waals surface area contributed by atoms with Crippen LogP contribution in [0.15, 0.2) is 60.8 Å². The Balaban J connectivity index is 1.89. The first-order valence-corrected chi connectivity index (χ1v) is 8.55. The van der Waals surface area contributed by atoms with Gasteiger partial charge in [-0.05, 0) is 61.4 Å². The van der Waals surface area contributed by atoms with Crippen LogP contribution in [0.1, 0.15) is 43.7 Å². The van der Waals surface area contributed by atoms with Crippen LogP contribution >= 0.6 is 0 Å². The van der Waals surface area contributed by atoms with Gasteiger partial charge in [0.15, 0.2) is 0 Å². The molecule has 0 aliphatic rings. The average Bonchev–Trinajstić information content (AvgIpc) is 3.02. The Morgan fingerprint density at radius 1 is 1.12 bits per heavy atom. The van der Waals surface area contributed by atoms with Crippen molar-refractivity contribution < 1.29 is 9.53 Å². The predicted molar refractivity (Wildman–Crippen MR) is 101 cm³/mol. The topological polar surface area (TPSA) is 68.1 Å². The van der Waals surface area contributed by atoms with Crippen LogP contribution in [0, 0.1) is 0 Å². The molecule has 3 N–H and O–H groups in total. The van der Waals surface area contributed by atoms with Crippen molar-refractivity contribution in [2.45, 2.75) is 38.2 Å². The third-order valence-electron chi connectivity index (χ3n) is 4.59. The Hall–Kier alpha value is -2.75. The third-order valence-corrected chi connectivity index (χ3v) is 4.59. The molecule has 1 heterocycles. The molecule has 4 nitrogen and oxygen atoms in total. The molecule has 0 saturated heterocycles. The molecule has 0 spiro atoms. The highest BCUT2D eigenvalue weighted by atomic mass is 16.6. The summed E-state index contributed by atoms with van der Waals surface area (Å²) in [6.45, 7) is 3.80. The van der Waals surface area contributed by atoms with E-state index in [0.717, 1.165) is 18.4 Å². The lowest BCUT2D eigenvalue weighted by molar-refractivity contribution is 0.0369. The number of hydrogen-bond acceptors (Lipinski definition) is 2. The maximum absolute atomic E-state index is 11.1. The molecule has 130 valence electrons. The van der Waals surface area contributed by atoms with Crippen molar-refractivity contribution in [2.24, 2.45) is 5.73 Å². The molecule has 0 radical (unpaired) electrons. The molecule has 1 unspecified atom stereocenters. The summed E-state index contributed by atoms with van der Waals surface area (Å²) in [5.41, 5.74) is 8.25. The fraction of sp³-hybridized carbons (Fsp3) is 0.286. The normalized spacial score (nSPS) is 12.9. The Bertz CT molecular complexity index is 852. The summed E-state index contributed by atoms with van der Waals surface area (Å²) in [6.07, 6.45) is 2.81. The van der Waals surface area contributed by atoms with E-state index >= 15 is 0 Å². The second kappa shape index (κ2) is 7.01. The number of primary amides is 1. The van der Waals surface area contributed by atoms with Gasteiger partial charge in [-0.1, -0.05) is 36.4 Å². The summed E-state index contributed by atoms with van der Waals surface area (Å²) in [7, 11) is 0. The molecule has 3 rings (SSSR count). The molecule has 0 saturated carbocycles. The van der Waals surface area contributed by atoms with Gasteiger partial charge in [-0.3, -0.25) is 0 Å². The van der Waals surface area contributed by atoms with E-state index in [2.05, 4.69) is 53.5 Å². The highest BCUT2D eigenvalue weighted by Crippen LogP contribution is 2.33. The van der Waals surface area contributed by atoms with Crippen LogP contribution in [0.5, 0.6) is 0 Å². The second-order valence-electron chi connectivity index (χ2n) is 7.01. The summed E-state index contributed by atoms with van der Waals surface area (Å²) in [5.74, 6) is 0.233. The van der Waals surface area contributed by atoms with Crippen LogP contribution in [0.4, 0.5) is 4.79 Å². The van der Waals surface area contributed by atoms with E-state index in [-0.39, 0.29) is 5.92 Å². The van der Waals surface area contributed by atoms with Gasteiger partial charge < -0.3 is 15.5 Å². The minimum absolute atomic E-state index is 0.233. The number of hydrogen-bond donors (Lipinski definition) is 2. The molecule has 1 amide bonds. The zero-order valence-electron chi connectivity index (χ0n) is 14.7.